The monoisotopic (exact) mass is 232 g/mol. The highest BCUT2D eigenvalue weighted by Crippen LogP contribution is 2.80. The summed E-state index contributed by atoms with van der Waals surface area (Å²) in [6, 6.07) is 0. The zero-order chi connectivity index (χ0) is 11.9. The molecule has 0 aliphatic heterocycles. The minimum absolute atomic E-state index is 0.0678. The molecule has 0 amide bonds. The molecule has 88 valence electrons. The lowest BCUT2D eigenvalue weighted by Gasteiger charge is -2.34. The van der Waals surface area contributed by atoms with E-state index in [1.807, 2.05) is 12.2 Å². The summed E-state index contributed by atoms with van der Waals surface area (Å²) in [5, 5.41) is 18.1. The first kappa shape index (κ1) is 9.45. The zero-order valence-electron chi connectivity index (χ0n) is 9.09. The van der Waals surface area contributed by atoms with Crippen molar-refractivity contribution in [2.24, 2.45) is 29.1 Å². The number of hydrogen-bond acceptors (Lipinski definition) is 2. The van der Waals surface area contributed by atoms with Crippen LogP contribution in [0.2, 0.25) is 0 Å². The van der Waals surface area contributed by atoms with Crippen molar-refractivity contribution in [3.05, 3.63) is 23.3 Å². The Morgan fingerprint density at radius 1 is 1.24 bits per heavy atom. The lowest BCUT2D eigenvalue weighted by molar-refractivity contribution is -0.134. The first-order valence-electron chi connectivity index (χ1n) is 5.95. The van der Waals surface area contributed by atoms with E-state index < -0.39 is 11.9 Å². The molecule has 0 heterocycles. The maximum absolute atomic E-state index is 11.1. The summed E-state index contributed by atoms with van der Waals surface area (Å²) in [7, 11) is 0. The number of allylic oxidation sites excluding steroid dienone is 2. The van der Waals surface area contributed by atoms with E-state index in [0.29, 0.717) is 35.3 Å². The number of carboxylic acid groups (broad SMARTS) is 2. The summed E-state index contributed by atoms with van der Waals surface area (Å²) in [5.74, 6) is -0.233. The first-order valence-corrected chi connectivity index (χ1v) is 5.95. The molecule has 0 aromatic carbocycles. The van der Waals surface area contributed by atoms with Crippen molar-refractivity contribution in [1.29, 1.82) is 0 Å². The molecule has 17 heavy (non-hydrogen) atoms. The van der Waals surface area contributed by atoms with Crippen LogP contribution in [0.4, 0.5) is 0 Å². The Balaban J connectivity index is 1.71. The van der Waals surface area contributed by atoms with E-state index in [1.54, 1.807) is 0 Å². The average molecular weight is 232 g/mol. The lowest BCUT2D eigenvalue weighted by Crippen LogP contribution is -2.32. The maximum Gasteiger partial charge on any atom is 0.331 e. The second kappa shape index (κ2) is 2.47. The van der Waals surface area contributed by atoms with Crippen LogP contribution in [-0.2, 0) is 9.59 Å². The van der Waals surface area contributed by atoms with Gasteiger partial charge in [-0.15, -0.1) is 0 Å². The normalized spacial score (nSPS) is 48.2. The molecule has 4 aliphatic rings. The molecule has 5 unspecified atom stereocenters. The number of carbonyl (C=O) groups is 2. The van der Waals surface area contributed by atoms with Gasteiger partial charge in [0.1, 0.15) is 0 Å². The molecule has 1 spiro atoms. The van der Waals surface area contributed by atoms with E-state index in [2.05, 4.69) is 0 Å². The van der Waals surface area contributed by atoms with Gasteiger partial charge in [-0.1, -0.05) is 12.2 Å². The van der Waals surface area contributed by atoms with Crippen LogP contribution in [0, 0.1) is 29.1 Å². The fraction of sp³-hybridized carbons (Fsp3) is 0.538. The highest BCUT2D eigenvalue weighted by atomic mass is 16.4. The van der Waals surface area contributed by atoms with Gasteiger partial charge in [-0.05, 0) is 36.5 Å². The molecule has 4 heteroatoms. The van der Waals surface area contributed by atoms with Crippen molar-refractivity contribution in [3.8, 4) is 0 Å². The summed E-state index contributed by atoms with van der Waals surface area (Å²) in [6.45, 7) is 0. The van der Waals surface area contributed by atoms with Gasteiger partial charge in [0.25, 0.3) is 0 Å². The molecule has 5 atom stereocenters. The van der Waals surface area contributed by atoms with Crippen LogP contribution in [0.15, 0.2) is 23.3 Å². The number of fused-ring (bicyclic) bond motifs is 3. The average Bonchev–Trinajstić information content (AvgIpc) is 2.81. The third kappa shape index (κ3) is 0.841. The van der Waals surface area contributed by atoms with Crippen LogP contribution in [0.3, 0.4) is 0 Å². The zero-order valence-corrected chi connectivity index (χ0v) is 9.09. The third-order valence-electron chi connectivity index (χ3n) is 5.28. The van der Waals surface area contributed by atoms with Gasteiger partial charge >= 0.3 is 11.9 Å². The molecule has 0 aromatic heterocycles. The van der Waals surface area contributed by atoms with E-state index in [4.69, 9.17) is 10.2 Å². The summed E-state index contributed by atoms with van der Waals surface area (Å²) in [5.41, 5.74) is 1.05. The van der Waals surface area contributed by atoms with Crippen molar-refractivity contribution in [2.75, 3.05) is 0 Å². The molecule has 2 fully saturated rings. The largest absolute Gasteiger partial charge is 0.478 e. The summed E-state index contributed by atoms with van der Waals surface area (Å²) in [4.78, 5) is 22.0. The van der Waals surface area contributed by atoms with Gasteiger partial charge in [0.05, 0.1) is 0 Å². The quantitative estimate of drug-likeness (QED) is 0.752. The van der Waals surface area contributed by atoms with Gasteiger partial charge in [-0.3, -0.25) is 0 Å². The fourth-order valence-electron chi connectivity index (χ4n) is 4.58. The van der Waals surface area contributed by atoms with Crippen molar-refractivity contribution in [2.45, 2.75) is 12.8 Å². The summed E-state index contributed by atoms with van der Waals surface area (Å²) in [6.07, 6.45) is 5.32. The van der Waals surface area contributed by atoms with Crippen molar-refractivity contribution >= 4 is 11.9 Å². The van der Waals surface area contributed by atoms with Crippen LogP contribution in [0.5, 0.6) is 0 Å². The van der Waals surface area contributed by atoms with E-state index in [1.165, 1.54) is 0 Å². The van der Waals surface area contributed by atoms with Crippen LogP contribution < -0.4 is 0 Å². The van der Waals surface area contributed by atoms with Gasteiger partial charge in [-0.25, -0.2) is 9.59 Å². The Morgan fingerprint density at radius 2 is 2.00 bits per heavy atom. The minimum Gasteiger partial charge on any atom is -0.478 e. The van der Waals surface area contributed by atoms with Crippen molar-refractivity contribution in [1.82, 2.24) is 0 Å². The van der Waals surface area contributed by atoms with Gasteiger partial charge in [0.2, 0.25) is 0 Å². The van der Waals surface area contributed by atoms with E-state index in [-0.39, 0.29) is 11.3 Å². The van der Waals surface area contributed by atoms with Gasteiger partial charge in [0.15, 0.2) is 0 Å². The standard InChI is InChI=1S/C13H12O4/c14-11(15)5-1-6-7(2-5)10-4-13(10)8(6)3-9(13)12(16)17/h1,3,6-8,10H,2,4H2,(H,14,15)(H,16,17). The van der Waals surface area contributed by atoms with Gasteiger partial charge in [-0.2, -0.15) is 0 Å². The van der Waals surface area contributed by atoms with Crippen LogP contribution in [0.1, 0.15) is 12.8 Å². The van der Waals surface area contributed by atoms with Gasteiger partial charge < -0.3 is 10.2 Å². The highest BCUT2D eigenvalue weighted by molar-refractivity contribution is 5.93. The Morgan fingerprint density at radius 3 is 2.65 bits per heavy atom. The Bertz CT molecular complexity index is 530. The molecular weight excluding hydrogens is 220 g/mol. The molecule has 4 aliphatic carbocycles. The second-order valence-electron chi connectivity index (χ2n) is 5.70. The number of hydrogen-bond donors (Lipinski definition) is 2. The molecule has 2 saturated carbocycles. The minimum atomic E-state index is -0.813. The maximum atomic E-state index is 11.1. The predicted octanol–water partition coefficient (Wildman–Crippen LogP) is 1.29. The van der Waals surface area contributed by atoms with Crippen LogP contribution in [-0.4, -0.2) is 22.2 Å². The van der Waals surface area contributed by atoms with Crippen LogP contribution in [0.25, 0.3) is 0 Å². The second-order valence-corrected chi connectivity index (χ2v) is 5.70. The molecular formula is C13H12O4. The SMILES string of the molecule is O=C(O)C1=CC2C(C1)C1CC13C(C(=O)O)=CC23. The smallest absolute Gasteiger partial charge is 0.331 e. The molecule has 4 nitrogen and oxygen atoms in total. The molecule has 0 aromatic rings. The molecule has 0 bridgehead atoms. The highest BCUT2D eigenvalue weighted by Gasteiger charge is 2.76. The molecule has 4 rings (SSSR count). The van der Waals surface area contributed by atoms with E-state index in [0.717, 1.165) is 6.42 Å². The number of carboxylic acids is 2. The van der Waals surface area contributed by atoms with Crippen molar-refractivity contribution < 1.29 is 19.8 Å². The predicted molar refractivity (Wildman–Crippen MR) is 57.1 cm³/mol. The molecule has 2 N–H and O–H groups in total. The van der Waals surface area contributed by atoms with Crippen LogP contribution >= 0.6 is 0 Å². The van der Waals surface area contributed by atoms with E-state index >= 15 is 0 Å². The molecule has 0 radical (unpaired) electrons. The first-order chi connectivity index (χ1) is 8.05. The Kier molecular flexibility index (Phi) is 1.37. The number of rotatable bonds is 2. The van der Waals surface area contributed by atoms with Crippen molar-refractivity contribution in [3.63, 3.8) is 0 Å². The summed E-state index contributed by atoms with van der Waals surface area (Å²) >= 11 is 0. The Hall–Kier alpha value is -1.58. The number of aliphatic carboxylic acids is 2. The lowest BCUT2D eigenvalue weighted by atomic mass is 9.68. The van der Waals surface area contributed by atoms with E-state index in [9.17, 15) is 9.59 Å². The summed E-state index contributed by atoms with van der Waals surface area (Å²) < 4.78 is 0. The van der Waals surface area contributed by atoms with Gasteiger partial charge in [0, 0.05) is 16.6 Å². The molecule has 0 saturated heterocycles. The third-order valence-corrected chi connectivity index (χ3v) is 5.28. The topological polar surface area (TPSA) is 74.6 Å². The Labute approximate surface area is 97.6 Å². The fourth-order valence-corrected chi connectivity index (χ4v) is 4.58.